The number of aliphatic hydroxyl groups is 1. The van der Waals surface area contributed by atoms with Crippen LogP contribution in [0, 0.1) is 10.1 Å². The Morgan fingerprint density at radius 3 is 2.14 bits per heavy atom. The average Bonchev–Trinajstić information content (AvgIpc) is 2.56. The molecule has 6 heteroatoms. The first-order valence-corrected chi connectivity index (χ1v) is 6.51. The molecule has 0 aromatic heterocycles. The monoisotopic (exact) mass is 302 g/mol. The van der Waals surface area contributed by atoms with E-state index in [1.165, 1.54) is 12.1 Å². The minimum absolute atomic E-state index is 0.0724. The maximum absolute atomic E-state index is 12.5. The van der Waals surface area contributed by atoms with Crippen molar-refractivity contribution in [3.05, 3.63) is 69.8 Å². The molecule has 0 heterocycles. The van der Waals surface area contributed by atoms with Crippen LogP contribution in [0.2, 0.25) is 0 Å². The second-order valence-electron chi connectivity index (χ2n) is 4.52. The van der Waals surface area contributed by atoms with Gasteiger partial charge >= 0.3 is 0 Å². The molecule has 2 aromatic carbocycles. The minimum Gasteiger partial charge on any atom is -0.400 e. The molecule has 0 radical (unpaired) electrons. The summed E-state index contributed by atoms with van der Waals surface area (Å²) in [6.45, 7) is 0. The lowest BCUT2D eigenvalue weighted by molar-refractivity contribution is -0.384. The van der Waals surface area contributed by atoms with Gasteiger partial charge in [-0.2, -0.15) is 0 Å². The largest absolute Gasteiger partial charge is 0.400 e. The summed E-state index contributed by atoms with van der Waals surface area (Å²) in [6, 6.07) is 13.3. The van der Waals surface area contributed by atoms with Crippen molar-refractivity contribution in [2.75, 3.05) is 26.1 Å². The van der Waals surface area contributed by atoms with Crippen LogP contribution in [0.1, 0.15) is 15.9 Å². The van der Waals surface area contributed by atoms with E-state index in [-0.39, 0.29) is 11.5 Å². The zero-order valence-corrected chi connectivity index (χ0v) is 12.7. The molecule has 0 aliphatic heterocycles. The summed E-state index contributed by atoms with van der Waals surface area (Å²) in [4.78, 5) is 24.7. The number of anilines is 1. The first-order valence-electron chi connectivity index (χ1n) is 6.51. The van der Waals surface area contributed by atoms with Gasteiger partial charge in [-0.25, -0.2) is 0 Å². The summed E-state index contributed by atoms with van der Waals surface area (Å²) < 4.78 is 0. The molecular formula is C16H18N2O4. The standard InChI is InChI=1S/C15H14N2O3.CH4O/c1-16(2)14-12(9-6-10-13(14)17(19)20)15(18)11-7-4-3-5-8-11;1-2/h3-10H,1-2H3;2H,1H3. The highest BCUT2D eigenvalue weighted by molar-refractivity contribution is 6.13. The molecule has 0 amide bonds. The van der Waals surface area contributed by atoms with Crippen molar-refractivity contribution in [1.29, 1.82) is 0 Å². The molecule has 0 bridgehead atoms. The number of carbonyl (C=O) groups excluding carboxylic acids is 1. The highest BCUT2D eigenvalue weighted by atomic mass is 16.6. The van der Waals surface area contributed by atoms with Crippen LogP contribution in [-0.2, 0) is 0 Å². The highest BCUT2D eigenvalue weighted by Gasteiger charge is 2.23. The van der Waals surface area contributed by atoms with Crippen molar-refractivity contribution in [3.63, 3.8) is 0 Å². The Hall–Kier alpha value is -2.73. The maximum Gasteiger partial charge on any atom is 0.293 e. The molecule has 116 valence electrons. The predicted molar refractivity (Wildman–Crippen MR) is 85.4 cm³/mol. The average molecular weight is 302 g/mol. The third-order valence-electron chi connectivity index (χ3n) is 2.94. The van der Waals surface area contributed by atoms with Gasteiger partial charge in [0.2, 0.25) is 0 Å². The van der Waals surface area contributed by atoms with E-state index in [1.54, 1.807) is 49.3 Å². The molecule has 2 aromatic rings. The number of hydrogen-bond acceptors (Lipinski definition) is 5. The summed E-state index contributed by atoms with van der Waals surface area (Å²) in [7, 11) is 4.37. The Morgan fingerprint density at radius 1 is 1.05 bits per heavy atom. The Bertz CT molecular complexity index is 654. The summed E-state index contributed by atoms with van der Waals surface area (Å²) in [5.41, 5.74) is 1.09. The molecular weight excluding hydrogens is 284 g/mol. The number of nitro groups is 1. The smallest absolute Gasteiger partial charge is 0.293 e. The minimum atomic E-state index is -0.475. The van der Waals surface area contributed by atoms with Gasteiger partial charge in [0.15, 0.2) is 5.78 Å². The van der Waals surface area contributed by atoms with Crippen molar-refractivity contribution >= 4 is 17.2 Å². The number of carbonyl (C=O) groups is 1. The summed E-state index contributed by atoms with van der Waals surface area (Å²) >= 11 is 0. The van der Waals surface area contributed by atoms with Gasteiger partial charge in [0, 0.05) is 32.8 Å². The number of para-hydroxylation sites is 1. The van der Waals surface area contributed by atoms with Crippen LogP contribution in [0.5, 0.6) is 0 Å². The second kappa shape index (κ2) is 7.90. The molecule has 0 aliphatic carbocycles. The molecule has 0 saturated heterocycles. The van der Waals surface area contributed by atoms with Crippen LogP contribution in [0.3, 0.4) is 0 Å². The molecule has 0 aliphatic rings. The summed E-state index contributed by atoms with van der Waals surface area (Å²) in [6.07, 6.45) is 0. The summed E-state index contributed by atoms with van der Waals surface area (Å²) in [5.74, 6) is -0.224. The van der Waals surface area contributed by atoms with Gasteiger partial charge in [0.25, 0.3) is 5.69 Å². The first-order chi connectivity index (χ1) is 10.5. The molecule has 6 nitrogen and oxygen atoms in total. The van der Waals surface area contributed by atoms with Gasteiger partial charge in [0.05, 0.1) is 10.5 Å². The molecule has 22 heavy (non-hydrogen) atoms. The van der Waals surface area contributed by atoms with Crippen molar-refractivity contribution in [3.8, 4) is 0 Å². The predicted octanol–water partition coefficient (Wildman–Crippen LogP) is 2.50. The van der Waals surface area contributed by atoms with E-state index in [2.05, 4.69) is 0 Å². The van der Waals surface area contributed by atoms with Crippen LogP contribution in [0.15, 0.2) is 48.5 Å². The van der Waals surface area contributed by atoms with Crippen LogP contribution >= 0.6 is 0 Å². The topological polar surface area (TPSA) is 83.7 Å². The van der Waals surface area contributed by atoms with E-state index in [1.807, 2.05) is 6.07 Å². The van der Waals surface area contributed by atoms with E-state index in [0.717, 1.165) is 7.11 Å². The molecule has 1 N–H and O–H groups in total. The van der Waals surface area contributed by atoms with Gasteiger partial charge in [-0.05, 0) is 6.07 Å². The van der Waals surface area contributed by atoms with Crippen LogP contribution in [0.25, 0.3) is 0 Å². The lowest BCUT2D eigenvalue weighted by Crippen LogP contribution is -2.16. The van der Waals surface area contributed by atoms with Crippen molar-refractivity contribution < 1.29 is 14.8 Å². The normalized spacial score (nSPS) is 9.45. The lowest BCUT2D eigenvalue weighted by atomic mass is 10.0. The Labute approximate surface area is 128 Å². The van der Waals surface area contributed by atoms with E-state index >= 15 is 0 Å². The van der Waals surface area contributed by atoms with E-state index in [4.69, 9.17) is 5.11 Å². The van der Waals surface area contributed by atoms with E-state index in [9.17, 15) is 14.9 Å². The lowest BCUT2D eigenvalue weighted by Gasteiger charge is -2.16. The number of rotatable bonds is 4. The van der Waals surface area contributed by atoms with E-state index in [0.29, 0.717) is 16.8 Å². The SMILES string of the molecule is CN(C)c1c(C(=O)c2ccccc2)cccc1[N+](=O)[O-].CO. The van der Waals surface area contributed by atoms with Crippen molar-refractivity contribution in [2.45, 2.75) is 0 Å². The molecule has 0 atom stereocenters. The third-order valence-corrected chi connectivity index (χ3v) is 2.94. The molecule has 0 spiro atoms. The van der Waals surface area contributed by atoms with E-state index < -0.39 is 4.92 Å². The fourth-order valence-electron chi connectivity index (χ4n) is 2.08. The Morgan fingerprint density at radius 2 is 1.64 bits per heavy atom. The first kappa shape index (κ1) is 17.3. The number of aliphatic hydroxyl groups excluding tert-OH is 1. The molecule has 2 rings (SSSR count). The fraction of sp³-hybridized carbons (Fsp3) is 0.188. The third kappa shape index (κ3) is 3.67. The van der Waals surface area contributed by atoms with Gasteiger partial charge in [-0.15, -0.1) is 0 Å². The van der Waals surface area contributed by atoms with Crippen LogP contribution in [0.4, 0.5) is 11.4 Å². The number of benzene rings is 2. The van der Waals surface area contributed by atoms with Crippen LogP contribution in [-0.4, -0.2) is 37.0 Å². The number of ketones is 1. The molecule has 0 saturated carbocycles. The zero-order valence-electron chi connectivity index (χ0n) is 12.7. The van der Waals surface area contributed by atoms with Gasteiger partial charge in [-0.1, -0.05) is 36.4 Å². The zero-order chi connectivity index (χ0) is 16.7. The Kier molecular flexibility index (Phi) is 6.22. The fourth-order valence-corrected chi connectivity index (χ4v) is 2.08. The molecule has 0 fully saturated rings. The second-order valence-corrected chi connectivity index (χ2v) is 4.52. The quantitative estimate of drug-likeness (QED) is 0.533. The van der Waals surface area contributed by atoms with Crippen molar-refractivity contribution in [1.82, 2.24) is 0 Å². The van der Waals surface area contributed by atoms with Gasteiger partial charge < -0.3 is 10.0 Å². The molecule has 0 unspecified atom stereocenters. The van der Waals surface area contributed by atoms with Gasteiger partial charge in [-0.3, -0.25) is 14.9 Å². The van der Waals surface area contributed by atoms with Crippen molar-refractivity contribution in [2.24, 2.45) is 0 Å². The number of nitrogens with zero attached hydrogens (tertiary/aromatic N) is 2. The van der Waals surface area contributed by atoms with Crippen LogP contribution < -0.4 is 4.90 Å². The Balaban J connectivity index is 0.00000116. The number of nitro benzene ring substituents is 1. The van der Waals surface area contributed by atoms with Gasteiger partial charge in [0.1, 0.15) is 5.69 Å². The number of hydrogen-bond donors (Lipinski definition) is 1. The highest BCUT2D eigenvalue weighted by Crippen LogP contribution is 2.31. The summed E-state index contributed by atoms with van der Waals surface area (Å²) in [5, 5.41) is 18.1. The maximum atomic E-state index is 12.5.